The van der Waals surface area contributed by atoms with E-state index in [2.05, 4.69) is 10.3 Å². The Morgan fingerprint density at radius 3 is 2.46 bits per heavy atom. The number of hydrogen-bond donors (Lipinski definition) is 2. The fraction of sp³-hybridized carbons (Fsp3) is 0.400. The number of amides is 1. The summed E-state index contributed by atoms with van der Waals surface area (Å²) in [6.45, 7) is 7.47. The molecule has 0 saturated heterocycles. The second-order valence-corrected chi connectivity index (χ2v) is 6.91. The summed E-state index contributed by atoms with van der Waals surface area (Å²) in [5.41, 5.74) is 2.85. The van der Waals surface area contributed by atoms with Gasteiger partial charge in [0.15, 0.2) is 0 Å². The summed E-state index contributed by atoms with van der Waals surface area (Å²) in [5.74, 6) is -0.111. The van der Waals surface area contributed by atoms with Gasteiger partial charge in [-0.1, -0.05) is 18.2 Å². The molecular weight excluding hydrogens is 300 g/mol. The van der Waals surface area contributed by atoms with Crippen molar-refractivity contribution in [2.24, 2.45) is 0 Å². The fourth-order valence-corrected chi connectivity index (χ4v) is 2.43. The molecule has 1 atom stereocenters. The van der Waals surface area contributed by atoms with Crippen LogP contribution in [-0.2, 0) is 6.42 Å². The third kappa shape index (κ3) is 5.46. The van der Waals surface area contributed by atoms with Gasteiger partial charge in [0.2, 0.25) is 0 Å². The maximum absolute atomic E-state index is 12.4. The summed E-state index contributed by atoms with van der Waals surface area (Å²) in [6, 6.07) is 13.2. The number of pyridine rings is 1. The van der Waals surface area contributed by atoms with Crippen molar-refractivity contribution in [3.63, 3.8) is 0 Å². The summed E-state index contributed by atoms with van der Waals surface area (Å²) >= 11 is 0. The van der Waals surface area contributed by atoms with E-state index in [-0.39, 0.29) is 11.9 Å². The Balaban J connectivity index is 1.97. The molecule has 4 heteroatoms. The van der Waals surface area contributed by atoms with Gasteiger partial charge in [-0.25, -0.2) is 0 Å². The normalized spacial score (nSPS) is 12.7. The first-order valence-corrected chi connectivity index (χ1v) is 8.30. The molecule has 0 fully saturated rings. The standard InChI is InChI=1S/C20H26N2O2/c1-14-6-5-7-18(21-14)15(2)22-19(23)17-10-8-16(9-11-17)12-13-20(3,4)24/h5-11,15,24H,12-13H2,1-4H3,(H,22,23)/t15-/m1/s1. The number of aryl methyl sites for hydroxylation is 2. The molecule has 0 spiro atoms. The van der Waals surface area contributed by atoms with E-state index < -0.39 is 5.60 Å². The Bertz CT molecular complexity index is 688. The largest absolute Gasteiger partial charge is 0.390 e. The molecule has 0 saturated carbocycles. The first kappa shape index (κ1) is 18.1. The Hall–Kier alpha value is -2.20. The fourth-order valence-electron chi connectivity index (χ4n) is 2.43. The molecule has 0 aliphatic rings. The van der Waals surface area contributed by atoms with E-state index in [0.29, 0.717) is 12.0 Å². The van der Waals surface area contributed by atoms with Gasteiger partial charge in [0.1, 0.15) is 0 Å². The van der Waals surface area contributed by atoms with E-state index in [1.165, 1.54) is 0 Å². The summed E-state index contributed by atoms with van der Waals surface area (Å²) in [7, 11) is 0. The van der Waals surface area contributed by atoms with Crippen molar-refractivity contribution >= 4 is 5.91 Å². The monoisotopic (exact) mass is 326 g/mol. The van der Waals surface area contributed by atoms with Crippen LogP contribution in [0.2, 0.25) is 0 Å². The predicted octanol–water partition coefficient (Wildman–Crippen LogP) is 3.58. The third-order valence-corrected chi connectivity index (χ3v) is 3.94. The highest BCUT2D eigenvalue weighted by molar-refractivity contribution is 5.94. The highest BCUT2D eigenvalue weighted by Crippen LogP contribution is 2.15. The molecule has 4 nitrogen and oxygen atoms in total. The molecule has 1 heterocycles. The zero-order valence-corrected chi connectivity index (χ0v) is 14.8. The number of rotatable bonds is 6. The number of aromatic nitrogens is 1. The number of benzene rings is 1. The minimum atomic E-state index is -0.674. The lowest BCUT2D eigenvalue weighted by Gasteiger charge is -2.17. The molecule has 0 bridgehead atoms. The van der Waals surface area contributed by atoms with Gasteiger partial charge in [0.25, 0.3) is 5.91 Å². The second-order valence-electron chi connectivity index (χ2n) is 6.91. The minimum absolute atomic E-state index is 0.111. The van der Waals surface area contributed by atoms with Crippen LogP contribution >= 0.6 is 0 Å². The summed E-state index contributed by atoms with van der Waals surface area (Å²) < 4.78 is 0. The van der Waals surface area contributed by atoms with E-state index in [4.69, 9.17) is 0 Å². The summed E-state index contributed by atoms with van der Waals surface area (Å²) in [5, 5.41) is 12.8. The minimum Gasteiger partial charge on any atom is -0.390 e. The SMILES string of the molecule is Cc1cccc([C@@H](C)NC(=O)c2ccc(CCC(C)(C)O)cc2)n1. The molecule has 2 rings (SSSR count). The number of nitrogens with one attached hydrogen (secondary N) is 1. The second kappa shape index (κ2) is 7.58. The molecule has 0 unspecified atom stereocenters. The number of aliphatic hydroxyl groups is 1. The van der Waals surface area contributed by atoms with E-state index >= 15 is 0 Å². The molecule has 1 amide bonds. The van der Waals surface area contributed by atoms with E-state index in [0.717, 1.165) is 23.4 Å². The smallest absolute Gasteiger partial charge is 0.251 e. The highest BCUT2D eigenvalue weighted by Gasteiger charge is 2.14. The van der Waals surface area contributed by atoms with Crippen LogP contribution in [-0.4, -0.2) is 21.6 Å². The van der Waals surface area contributed by atoms with Gasteiger partial charge >= 0.3 is 0 Å². The van der Waals surface area contributed by atoms with Crippen molar-refractivity contribution in [1.82, 2.24) is 10.3 Å². The lowest BCUT2D eigenvalue weighted by Crippen LogP contribution is -2.27. The third-order valence-electron chi connectivity index (χ3n) is 3.94. The van der Waals surface area contributed by atoms with Gasteiger partial charge in [-0.3, -0.25) is 9.78 Å². The average Bonchev–Trinajstić information content (AvgIpc) is 2.52. The van der Waals surface area contributed by atoms with Crippen LogP contribution in [0, 0.1) is 6.92 Å². The quantitative estimate of drug-likeness (QED) is 0.853. The van der Waals surface area contributed by atoms with Crippen LogP contribution < -0.4 is 5.32 Å². The maximum atomic E-state index is 12.4. The van der Waals surface area contributed by atoms with Crippen LogP contribution in [0.5, 0.6) is 0 Å². The first-order valence-electron chi connectivity index (χ1n) is 8.30. The lowest BCUT2D eigenvalue weighted by molar-refractivity contribution is 0.0713. The van der Waals surface area contributed by atoms with Crippen molar-refractivity contribution in [2.45, 2.75) is 52.2 Å². The van der Waals surface area contributed by atoms with Gasteiger partial charge in [-0.05, 0) is 70.4 Å². The molecule has 24 heavy (non-hydrogen) atoms. The number of nitrogens with zero attached hydrogens (tertiary/aromatic N) is 1. The number of carbonyl (C=O) groups is 1. The molecule has 1 aromatic heterocycles. The average molecular weight is 326 g/mol. The molecule has 2 aromatic rings. The summed E-state index contributed by atoms with van der Waals surface area (Å²) in [6.07, 6.45) is 1.48. The Kier molecular flexibility index (Phi) is 5.73. The van der Waals surface area contributed by atoms with Crippen LogP contribution in [0.3, 0.4) is 0 Å². The molecule has 0 radical (unpaired) electrons. The van der Waals surface area contributed by atoms with Crippen molar-refractivity contribution in [3.05, 3.63) is 65.0 Å². The van der Waals surface area contributed by atoms with Gasteiger partial charge in [0, 0.05) is 11.3 Å². The van der Waals surface area contributed by atoms with Gasteiger partial charge < -0.3 is 10.4 Å². The Morgan fingerprint density at radius 2 is 1.88 bits per heavy atom. The van der Waals surface area contributed by atoms with Gasteiger partial charge in [0.05, 0.1) is 17.3 Å². The molecule has 0 aliphatic carbocycles. The predicted molar refractivity (Wildman–Crippen MR) is 95.9 cm³/mol. The van der Waals surface area contributed by atoms with Gasteiger partial charge in [-0.15, -0.1) is 0 Å². The zero-order chi connectivity index (χ0) is 17.7. The zero-order valence-electron chi connectivity index (χ0n) is 14.8. The van der Waals surface area contributed by atoms with E-state index in [1.807, 2.05) is 56.3 Å². The van der Waals surface area contributed by atoms with E-state index in [9.17, 15) is 9.90 Å². The van der Waals surface area contributed by atoms with E-state index in [1.54, 1.807) is 13.8 Å². The summed E-state index contributed by atoms with van der Waals surface area (Å²) in [4.78, 5) is 16.8. The van der Waals surface area contributed by atoms with Crippen LogP contribution in [0.1, 0.15) is 60.5 Å². The maximum Gasteiger partial charge on any atom is 0.251 e. The number of carbonyl (C=O) groups excluding carboxylic acids is 1. The first-order chi connectivity index (χ1) is 11.2. The van der Waals surface area contributed by atoms with Crippen molar-refractivity contribution in [3.8, 4) is 0 Å². The highest BCUT2D eigenvalue weighted by atomic mass is 16.3. The topological polar surface area (TPSA) is 62.2 Å². The van der Waals surface area contributed by atoms with Crippen LogP contribution in [0.25, 0.3) is 0 Å². The molecule has 0 aliphatic heterocycles. The van der Waals surface area contributed by atoms with Crippen molar-refractivity contribution < 1.29 is 9.90 Å². The number of hydrogen-bond acceptors (Lipinski definition) is 3. The Labute approximate surface area is 143 Å². The molecule has 128 valence electrons. The molecular formula is C20H26N2O2. The Morgan fingerprint density at radius 1 is 1.21 bits per heavy atom. The van der Waals surface area contributed by atoms with Crippen molar-refractivity contribution in [2.75, 3.05) is 0 Å². The van der Waals surface area contributed by atoms with Gasteiger partial charge in [-0.2, -0.15) is 0 Å². The van der Waals surface area contributed by atoms with Crippen LogP contribution in [0.4, 0.5) is 0 Å². The van der Waals surface area contributed by atoms with Crippen LogP contribution in [0.15, 0.2) is 42.5 Å². The lowest BCUT2D eigenvalue weighted by atomic mass is 9.98. The molecule has 2 N–H and O–H groups in total. The van der Waals surface area contributed by atoms with Crippen molar-refractivity contribution in [1.29, 1.82) is 0 Å². The molecule has 1 aromatic carbocycles.